The zero-order valence-electron chi connectivity index (χ0n) is 17.2. The van der Waals surface area contributed by atoms with Crippen LogP contribution in [-0.2, 0) is 14.3 Å². The molecule has 0 saturated carbocycles. The molecule has 6 heteroatoms. The molecule has 0 saturated heterocycles. The van der Waals surface area contributed by atoms with E-state index in [0.29, 0.717) is 24.3 Å². The average Bonchev–Trinajstić information content (AvgIpc) is 2.75. The maximum Gasteiger partial charge on any atom is 0.306 e. The van der Waals surface area contributed by atoms with Crippen LogP contribution < -0.4 is 9.47 Å². The van der Waals surface area contributed by atoms with Crippen molar-refractivity contribution in [2.45, 2.75) is 57.7 Å². The Balaban J connectivity index is 1.68. The summed E-state index contributed by atoms with van der Waals surface area (Å²) in [5, 5.41) is 8.60. The highest BCUT2D eigenvalue weighted by Gasteiger charge is 2.16. The molecule has 6 nitrogen and oxygen atoms in total. The van der Waals surface area contributed by atoms with Crippen molar-refractivity contribution in [3.63, 3.8) is 0 Å². The molecular weight excluding hydrogens is 384 g/mol. The van der Waals surface area contributed by atoms with E-state index in [0.717, 1.165) is 32.1 Å². The van der Waals surface area contributed by atoms with E-state index in [4.69, 9.17) is 19.3 Å². The lowest BCUT2D eigenvalue weighted by Gasteiger charge is -2.20. The molecule has 0 fully saturated rings. The second-order valence-corrected chi connectivity index (χ2v) is 6.99. The fraction of sp³-hybridized carbons (Fsp3) is 0.417. The molecule has 0 unspecified atom stereocenters. The highest BCUT2D eigenvalue weighted by Crippen LogP contribution is 2.16. The third-order valence-corrected chi connectivity index (χ3v) is 4.42. The number of rotatable bonds is 15. The first kappa shape index (κ1) is 23.3. The van der Waals surface area contributed by atoms with Crippen molar-refractivity contribution in [2.75, 3.05) is 6.61 Å². The van der Waals surface area contributed by atoms with Gasteiger partial charge in [-0.15, -0.1) is 0 Å². The normalized spacial score (nSPS) is 10.6. The molecule has 0 radical (unpaired) electrons. The Morgan fingerprint density at radius 1 is 0.700 bits per heavy atom. The Kier molecular flexibility index (Phi) is 10.9. The first-order chi connectivity index (χ1) is 14.6. The number of esters is 1. The molecule has 0 spiro atoms. The molecule has 0 atom stereocenters. The largest absolute Gasteiger partial charge is 0.481 e. The van der Waals surface area contributed by atoms with E-state index < -0.39 is 12.3 Å². The monoisotopic (exact) mass is 414 g/mol. The predicted octanol–water partition coefficient (Wildman–Crippen LogP) is 5.22. The summed E-state index contributed by atoms with van der Waals surface area (Å²) in [6, 6.07) is 18.5. The molecule has 0 aromatic heterocycles. The number of carboxylic acids is 1. The summed E-state index contributed by atoms with van der Waals surface area (Å²) >= 11 is 0. The molecule has 30 heavy (non-hydrogen) atoms. The summed E-state index contributed by atoms with van der Waals surface area (Å²) in [6.07, 6.45) is 5.10. The standard InChI is InChI=1S/C24H30O6/c25-22(26)17-11-3-1-2-4-12-18-23(27)28-19-24(29-20-13-7-5-8-14-20)30-21-15-9-6-10-16-21/h5-10,13-16,24H,1-4,11-12,17-19H2,(H,25,26). The lowest BCUT2D eigenvalue weighted by molar-refractivity contribution is -0.152. The van der Waals surface area contributed by atoms with E-state index in [2.05, 4.69) is 0 Å². The lowest BCUT2D eigenvalue weighted by atomic mass is 10.1. The second kappa shape index (κ2) is 14.0. The van der Waals surface area contributed by atoms with E-state index >= 15 is 0 Å². The van der Waals surface area contributed by atoms with Crippen LogP contribution in [0.3, 0.4) is 0 Å². The molecule has 0 amide bonds. The van der Waals surface area contributed by atoms with Gasteiger partial charge in [0.2, 0.25) is 0 Å². The smallest absolute Gasteiger partial charge is 0.306 e. The van der Waals surface area contributed by atoms with Crippen LogP contribution in [0.15, 0.2) is 60.7 Å². The number of ether oxygens (including phenoxy) is 3. The van der Waals surface area contributed by atoms with Gasteiger partial charge < -0.3 is 19.3 Å². The number of carbonyl (C=O) groups is 2. The molecule has 1 N–H and O–H groups in total. The first-order valence-corrected chi connectivity index (χ1v) is 10.4. The average molecular weight is 414 g/mol. The van der Waals surface area contributed by atoms with Gasteiger partial charge in [0.1, 0.15) is 11.5 Å². The van der Waals surface area contributed by atoms with Crippen molar-refractivity contribution in [3.8, 4) is 11.5 Å². The van der Waals surface area contributed by atoms with Crippen molar-refractivity contribution in [1.82, 2.24) is 0 Å². The number of hydrogen-bond acceptors (Lipinski definition) is 5. The Hall–Kier alpha value is -3.02. The summed E-state index contributed by atoms with van der Waals surface area (Å²) in [6.45, 7) is -0.00217. The lowest BCUT2D eigenvalue weighted by Crippen LogP contribution is -2.30. The van der Waals surface area contributed by atoms with Crippen LogP contribution >= 0.6 is 0 Å². The molecule has 162 valence electrons. The van der Waals surface area contributed by atoms with Crippen LogP contribution in [0.5, 0.6) is 11.5 Å². The van der Waals surface area contributed by atoms with Gasteiger partial charge in [-0.25, -0.2) is 0 Å². The molecule has 2 aromatic carbocycles. The molecule has 0 aliphatic heterocycles. The SMILES string of the molecule is O=C(O)CCCCCCCCC(=O)OCC(Oc1ccccc1)Oc1ccccc1. The topological polar surface area (TPSA) is 82.1 Å². The van der Waals surface area contributed by atoms with Crippen LogP contribution in [0.4, 0.5) is 0 Å². The van der Waals surface area contributed by atoms with Gasteiger partial charge in [-0.3, -0.25) is 9.59 Å². The van der Waals surface area contributed by atoms with Crippen molar-refractivity contribution < 1.29 is 28.9 Å². The minimum absolute atomic E-state index is 0.00217. The Labute approximate surface area is 177 Å². The van der Waals surface area contributed by atoms with E-state index in [1.165, 1.54) is 0 Å². The molecular formula is C24H30O6. The summed E-state index contributed by atoms with van der Waals surface area (Å²) in [5.74, 6) is 0.248. The number of unbranched alkanes of at least 4 members (excludes halogenated alkanes) is 5. The predicted molar refractivity (Wildman–Crippen MR) is 113 cm³/mol. The van der Waals surface area contributed by atoms with Gasteiger partial charge in [-0.05, 0) is 37.1 Å². The van der Waals surface area contributed by atoms with Crippen LogP contribution in [-0.4, -0.2) is 29.9 Å². The maximum absolute atomic E-state index is 12.1. The Morgan fingerprint density at radius 3 is 1.67 bits per heavy atom. The molecule has 0 aliphatic carbocycles. The Morgan fingerprint density at radius 2 is 1.17 bits per heavy atom. The molecule has 0 aliphatic rings. The van der Waals surface area contributed by atoms with Crippen LogP contribution in [0.1, 0.15) is 51.4 Å². The van der Waals surface area contributed by atoms with E-state index in [1.807, 2.05) is 60.7 Å². The first-order valence-electron chi connectivity index (χ1n) is 10.4. The third kappa shape index (κ3) is 10.5. The summed E-state index contributed by atoms with van der Waals surface area (Å²) in [4.78, 5) is 22.5. The van der Waals surface area contributed by atoms with Gasteiger partial charge in [0, 0.05) is 12.8 Å². The van der Waals surface area contributed by atoms with Crippen molar-refractivity contribution in [1.29, 1.82) is 0 Å². The van der Waals surface area contributed by atoms with Crippen molar-refractivity contribution >= 4 is 11.9 Å². The minimum Gasteiger partial charge on any atom is -0.481 e. The van der Waals surface area contributed by atoms with Gasteiger partial charge in [-0.2, -0.15) is 0 Å². The maximum atomic E-state index is 12.1. The summed E-state index contributed by atoms with van der Waals surface area (Å²) in [7, 11) is 0. The number of aliphatic carboxylic acids is 1. The van der Waals surface area contributed by atoms with Crippen LogP contribution in [0, 0.1) is 0 Å². The highest BCUT2D eigenvalue weighted by molar-refractivity contribution is 5.69. The van der Waals surface area contributed by atoms with Gasteiger partial charge in [0.25, 0.3) is 6.29 Å². The van der Waals surface area contributed by atoms with Crippen molar-refractivity contribution in [3.05, 3.63) is 60.7 Å². The highest BCUT2D eigenvalue weighted by atomic mass is 16.7. The molecule has 0 bridgehead atoms. The fourth-order valence-corrected chi connectivity index (χ4v) is 2.88. The van der Waals surface area contributed by atoms with Gasteiger partial charge >= 0.3 is 11.9 Å². The molecule has 0 heterocycles. The number of carboxylic acid groups (broad SMARTS) is 1. The van der Waals surface area contributed by atoms with E-state index in [-0.39, 0.29) is 19.0 Å². The zero-order chi connectivity index (χ0) is 21.4. The van der Waals surface area contributed by atoms with Crippen LogP contribution in [0.25, 0.3) is 0 Å². The minimum atomic E-state index is -0.747. The van der Waals surface area contributed by atoms with Gasteiger partial charge in [0.05, 0.1) is 0 Å². The zero-order valence-corrected chi connectivity index (χ0v) is 17.2. The molecule has 2 aromatic rings. The second-order valence-electron chi connectivity index (χ2n) is 6.99. The van der Waals surface area contributed by atoms with E-state index in [9.17, 15) is 9.59 Å². The number of para-hydroxylation sites is 2. The summed E-state index contributed by atoms with van der Waals surface area (Å²) in [5.41, 5.74) is 0. The quantitative estimate of drug-likeness (QED) is 0.244. The number of carbonyl (C=O) groups excluding carboxylic acids is 1. The number of benzene rings is 2. The number of hydrogen-bond donors (Lipinski definition) is 1. The molecule has 2 rings (SSSR count). The van der Waals surface area contributed by atoms with Gasteiger partial charge in [0.15, 0.2) is 6.61 Å². The third-order valence-electron chi connectivity index (χ3n) is 4.42. The van der Waals surface area contributed by atoms with E-state index in [1.54, 1.807) is 0 Å². The van der Waals surface area contributed by atoms with Crippen LogP contribution in [0.2, 0.25) is 0 Å². The fourth-order valence-electron chi connectivity index (χ4n) is 2.88. The Bertz CT molecular complexity index is 690. The van der Waals surface area contributed by atoms with Gasteiger partial charge in [-0.1, -0.05) is 62.1 Å². The van der Waals surface area contributed by atoms with Crippen molar-refractivity contribution in [2.24, 2.45) is 0 Å². The summed E-state index contributed by atoms with van der Waals surface area (Å²) < 4.78 is 17.0.